The van der Waals surface area contributed by atoms with Crippen molar-refractivity contribution >= 4 is 34.1 Å². The second-order valence-electron chi connectivity index (χ2n) is 10.1. The van der Waals surface area contributed by atoms with Crippen molar-refractivity contribution in [1.29, 1.82) is 0 Å². The summed E-state index contributed by atoms with van der Waals surface area (Å²) in [6.45, 7) is 2.79. The van der Waals surface area contributed by atoms with Crippen LogP contribution in [0.2, 0.25) is 5.02 Å². The molecule has 4 aromatic rings. The molecule has 0 spiro atoms. The zero-order valence-electron chi connectivity index (χ0n) is 20.1. The van der Waals surface area contributed by atoms with Gasteiger partial charge in [-0.05, 0) is 92.2 Å². The molecule has 1 N–H and O–H groups in total. The van der Waals surface area contributed by atoms with Gasteiger partial charge in [0.15, 0.2) is 0 Å². The number of carbonyl (C=O) groups excluding carboxylic acids is 1. The first-order valence-corrected chi connectivity index (χ1v) is 13.1. The van der Waals surface area contributed by atoms with E-state index >= 15 is 0 Å². The maximum Gasteiger partial charge on any atom is 0.227 e. The summed E-state index contributed by atoms with van der Waals surface area (Å²) in [5, 5.41) is 4.82. The van der Waals surface area contributed by atoms with Crippen LogP contribution in [0, 0.1) is 11.7 Å². The average Bonchev–Trinajstić information content (AvgIpc) is 3.69. The van der Waals surface area contributed by atoms with Crippen molar-refractivity contribution < 1.29 is 9.18 Å². The van der Waals surface area contributed by atoms with E-state index in [1.165, 1.54) is 17.2 Å². The third-order valence-corrected chi connectivity index (χ3v) is 7.75. The second kappa shape index (κ2) is 9.72. The Hall–Kier alpha value is -3.15. The Kier molecular flexibility index (Phi) is 6.28. The number of para-hydroxylation sites is 1. The minimum absolute atomic E-state index is 0.151. The summed E-state index contributed by atoms with van der Waals surface area (Å²) in [4.78, 5) is 14.6. The van der Waals surface area contributed by atoms with Gasteiger partial charge in [0.2, 0.25) is 5.91 Å². The highest BCUT2D eigenvalue weighted by atomic mass is 35.5. The van der Waals surface area contributed by atoms with Gasteiger partial charge >= 0.3 is 0 Å². The fourth-order valence-electron chi connectivity index (χ4n) is 5.37. The van der Waals surface area contributed by atoms with Crippen molar-refractivity contribution in [2.75, 3.05) is 18.4 Å². The van der Waals surface area contributed by atoms with Gasteiger partial charge in [-0.1, -0.05) is 41.9 Å². The monoisotopic (exact) mass is 501 g/mol. The number of halogens is 2. The molecular weight excluding hydrogens is 473 g/mol. The molecule has 4 nitrogen and oxygen atoms in total. The van der Waals surface area contributed by atoms with E-state index in [1.54, 1.807) is 12.1 Å². The van der Waals surface area contributed by atoms with Crippen LogP contribution in [0.15, 0.2) is 72.9 Å². The van der Waals surface area contributed by atoms with Gasteiger partial charge in [0.25, 0.3) is 0 Å². The Morgan fingerprint density at radius 1 is 0.972 bits per heavy atom. The minimum Gasteiger partial charge on any atom is -0.326 e. The van der Waals surface area contributed by atoms with Gasteiger partial charge in [0.1, 0.15) is 5.82 Å². The van der Waals surface area contributed by atoms with Crippen molar-refractivity contribution in [3.63, 3.8) is 0 Å². The molecule has 36 heavy (non-hydrogen) atoms. The Bertz CT molecular complexity index is 1420. The number of benzene rings is 3. The number of piperidine rings is 1. The number of carbonyl (C=O) groups is 1. The number of likely N-dealkylation sites (tertiary alicyclic amines) is 1. The maximum atomic E-state index is 14.6. The molecule has 0 unspecified atom stereocenters. The Balaban J connectivity index is 1.17. The molecule has 2 heterocycles. The van der Waals surface area contributed by atoms with Gasteiger partial charge in [0.05, 0.1) is 11.2 Å². The molecule has 1 saturated carbocycles. The van der Waals surface area contributed by atoms with Gasteiger partial charge in [-0.25, -0.2) is 4.39 Å². The van der Waals surface area contributed by atoms with E-state index in [1.807, 2.05) is 41.0 Å². The highest BCUT2D eigenvalue weighted by Crippen LogP contribution is 2.34. The van der Waals surface area contributed by atoms with Gasteiger partial charge in [-0.2, -0.15) is 0 Å². The number of nitrogens with one attached hydrogen (secondary N) is 1. The molecule has 1 aliphatic carbocycles. The SMILES string of the molecule is O=C(Nc1cccc(C2CCN(Cc3cn(-c4ccccc4F)c4cc(Cl)ccc34)CC2)c1)C1CC1. The molecule has 0 atom stereocenters. The minimum atomic E-state index is -0.253. The molecule has 0 bridgehead atoms. The van der Waals surface area contributed by atoms with E-state index in [0.29, 0.717) is 16.6 Å². The van der Waals surface area contributed by atoms with E-state index in [4.69, 9.17) is 11.6 Å². The van der Waals surface area contributed by atoms with Crippen molar-refractivity contribution in [3.05, 3.63) is 94.9 Å². The lowest BCUT2D eigenvalue weighted by Gasteiger charge is -2.32. The number of amides is 1. The van der Waals surface area contributed by atoms with E-state index in [0.717, 1.165) is 61.9 Å². The predicted molar refractivity (Wildman–Crippen MR) is 143 cm³/mol. The highest BCUT2D eigenvalue weighted by molar-refractivity contribution is 6.31. The lowest BCUT2D eigenvalue weighted by atomic mass is 9.89. The smallest absolute Gasteiger partial charge is 0.227 e. The van der Waals surface area contributed by atoms with Crippen LogP contribution >= 0.6 is 11.6 Å². The van der Waals surface area contributed by atoms with Crippen molar-refractivity contribution in [3.8, 4) is 5.69 Å². The van der Waals surface area contributed by atoms with Gasteiger partial charge in [0, 0.05) is 34.8 Å². The standard InChI is InChI=1S/C30H29ClFN3O/c31-24-10-11-26-23(19-35(29(26)17-24)28-7-2-1-6-27(28)32)18-34-14-12-20(13-15-34)22-4-3-5-25(16-22)33-30(36)21-8-9-21/h1-7,10-11,16-17,19-21H,8-9,12-15,18H2,(H,33,36). The van der Waals surface area contributed by atoms with E-state index < -0.39 is 0 Å². The third-order valence-electron chi connectivity index (χ3n) is 7.52. The summed E-state index contributed by atoms with van der Waals surface area (Å²) in [6.07, 6.45) is 6.21. The van der Waals surface area contributed by atoms with E-state index in [2.05, 4.69) is 28.5 Å². The Morgan fingerprint density at radius 2 is 1.78 bits per heavy atom. The van der Waals surface area contributed by atoms with Crippen LogP contribution in [0.4, 0.5) is 10.1 Å². The maximum absolute atomic E-state index is 14.6. The fraction of sp³-hybridized carbons (Fsp3) is 0.300. The first-order valence-electron chi connectivity index (χ1n) is 12.7. The topological polar surface area (TPSA) is 37.3 Å². The predicted octanol–water partition coefficient (Wildman–Crippen LogP) is 7.15. The Labute approximate surface area is 215 Å². The molecule has 1 amide bonds. The summed E-state index contributed by atoms with van der Waals surface area (Å²) in [6, 6.07) is 21.1. The molecule has 3 aromatic carbocycles. The van der Waals surface area contributed by atoms with Gasteiger partial charge < -0.3 is 9.88 Å². The number of anilines is 1. The first kappa shape index (κ1) is 23.3. The van der Waals surface area contributed by atoms with Crippen molar-refractivity contribution in [2.45, 2.75) is 38.1 Å². The van der Waals surface area contributed by atoms with Crippen LogP contribution in [0.5, 0.6) is 0 Å². The van der Waals surface area contributed by atoms with Crippen LogP contribution in [-0.2, 0) is 11.3 Å². The first-order chi connectivity index (χ1) is 17.5. The van der Waals surface area contributed by atoms with Crippen LogP contribution < -0.4 is 5.32 Å². The largest absolute Gasteiger partial charge is 0.326 e. The molecule has 0 radical (unpaired) electrons. The molecule has 2 aliphatic rings. The second-order valence-corrected chi connectivity index (χ2v) is 10.5. The molecular formula is C30H29ClFN3O. The van der Waals surface area contributed by atoms with Crippen molar-refractivity contribution in [1.82, 2.24) is 9.47 Å². The fourth-order valence-corrected chi connectivity index (χ4v) is 5.53. The summed E-state index contributed by atoms with van der Waals surface area (Å²) in [5.41, 5.74) is 4.83. The zero-order valence-corrected chi connectivity index (χ0v) is 20.8. The highest BCUT2D eigenvalue weighted by Gasteiger charge is 2.30. The zero-order chi connectivity index (χ0) is 24.6. The number of rotatable bonds is 6. The van der Waals surface area contributed by atoms with Gasteiger partial charge in [-0.3, -0.25) is 9.69 Å². The lowest BCUT2D eigenvalue weighted by Crippen LogP contribution is -2.32. The average molecular weight is 502 g/mol. The van der Waals surface area contributed by atoms with Crippen LogP contribution in [-0.4, -0.2) is 28.5 Å². The summed E-state index contributed by atoms with van der Waals surface area (Å²) >= 11 is 6.31. The lowest BCUT2D eigenvalue weighted by molar-refractivity contribution is -0.117. The van der Waals surface area contributed by atoms with Crippen LogP contribution in [0.1, 0.15) is 42.7 Å². The van der Waals surface area contributed by atoms with Crippen LogP contribution in [0.25, 0.3) is 16.6 Å². The molecule has 6 heteroatoms. The van der Waals surface area contributed by atoms with Crippen molar-refractivity contribution in [2.24, 2.45) is 5.92 Å². The number of hydrogen-bond acceptors (Lipinski definition) is 2. The third kappa shape index (κ3) is 4.78. The number of aromatic nitrogens is 1. The summed E-state index contributed by atoms with van der Waals surface area (Å²) in [5.74, 6) is 0.588. The van der Waals surface area contributed by atoms with E-state index in [9.17, 15) is 9.18 Å². The molecule has 1 saturated heterocycles. The number of nitrogens with zero attached hydrogens (tertiary/aromatic N) is 2. The number of hydrogen-bond donors (Lipinski definition) is 1. The van der Waals surface area contributed by atoms with Crippen LogP contribution in [0.3, 0.4) is 0 Å². The molecule has 6 rings (SSSR count). The van der Waals surface area contributed by atoms with Gasteiger partial charge in [-0.15, -0.1) is 0 Å². The summed E-state index contributed by atoms with van der Waals surface area (Å²) < 4.78 is 16.5. The molecule has 1 aromatic heterocycles. The molecule has 1 aliphatic heterocycles. The Morgan fingerprint density at radius 3 is 2.56 bits per heavy atom. The number of fused-ring (bicyclic) bond motifs is 1. The molecule has 2 fully saturated rings. The normalized spacial score (nSPS) is 16.9. The summed E-state index contributed by atoms with van der Waals surface area (Å²) in [7, 11) is 0. The molecule has 184 valence electrons. The quantitative estimate of drug-likeness (QED) is 0.304. The van der Waals surface area contributed by atoms with E-state index in [-0.39, 0.29) is 17.6 Å².